The van der Waals surface area contributed by atoms with Gasteiger partial charge in [0.2, 0.25) is 0 Å². The Morgan fingerprint density at radius 2 is 1.43 bits per heavy atom. The third-order valence-electron chi connectivity index (χ3n) is 9.31. The zero-order valence-electron chi connectivity index (χ0n) is 26.0. The number of hydrogen-bond acceptors (Lipinski definition) is 0. The fraction of sp³-hybridized carbons (Fsp3) is 0.250. The van der Waals surface area contributed by atoms with Gasteiger partial charge in [0.05, 0.1) is 0 Å². The summed E-state index contributed by atoms with van der Waals surface area (Å²) in [5, 5.41) is 2.67. The van der Waals surface area contributed by atoms with Crippen LogP contribution in [0.2, 0.25) is 13.1 Å². The van der Waals surface area contributed by atoms with E-state index in [0.717, 1.165) is 6.42 Å². The maximum Gasteiger partial charge on any atom is -1.00 e. The van der Waals surface area contributed by atoms with E-state index in [4.69, 9.17) is 0 Å². The summed E-state index contributed by atoms with van der Waals surface area (Å²) in [6.07, 6.45) is 10.2. The molecule has 0 spiro atoms. The second-order valence-corrected chi connectivity index (χ2v) is 27.0. The standard InChI is InChI=1S/C38H33.C2H7Si.2ClH.Zr/c1-2-3-4-5-15-28-25-37-33(31-19-10-16-26-13-6-8-17-29(26)31)21-12-23-35(37)38(28)34-22-11-20-32-30-18-9-7-14-27(30)24-36(32)34;1-3-2;;;/h6-14,16-21,23,25,38H,2-5,15,24H2,1H3;3H,1-2H3;2*1H;/q;;;;+2/p-2. The molecule has 1 atom stereocenters. The Balaban J connectivity index is 0.00000192. The molecule has 0 N–H and O–H groups in total. The summed E-state index contributed by atoms with van der Waals surface area (Å²) >= 11 is -0.613. The van der Waals surface area contributed by atoms with Gasteiger partial charge in [-0.3, -0.25) is 0 Å². The summed E-state index contributed by atoms with van der Waals surface area (Å²) in [6.45, 7) is 7.49. The molecule has 0 saturated heterocycles. The second kappa shape index (κ2) is 14.5. The van der Waals surface area contributed by atoms with E-state index in [2.05, 4.69) is 123 Å². The van der Waals surface area contributed by atoms with Crippen molar-refractivity contribution in [3.05, 3.63) is 130 Å². The van der Waals surface area contributed by atoms with Gasteiger partial charge in [0, 0.05) is 0 Å². The molecule has 0 nitrogen and oxygen atoms in total. The summed E-state index contributed by atoms with van der Waals surface area (Å²) in [6, 6.07) is 37.1. The van der Waals surface area contributed by atoms with Crippen LogP contribution in [-0.4, -0.2) is 5.92 Å². The Bertz CT molecular complexity index is 1820. The number of unbranched alkanes of at least 4 members (excludes halogenated alkanes) is 3. The van der Waals surface area contributed by atoms with E-state index in [0.29, 0.717) is 5.92 Å². The van der Waals surface area contributed by atoms with Crippen LogP contribution in [-0.2, 0) is 28.8 Å². The van der Waals surface area contributed by atoms with Crippen LogP contribution in [0.25, 0.3) is 39.1 Å². The molecule has 0 aromatic heterocycles. The van der Waals surface area contributed by atoms with Crippen molar-refractivity contribution in [1.82, 2.24) is 0 Å². The second-order valence-electron chi connectivity index (χ2n) is 12.5. The van der Waals surface area contributed by atoms with Crippen molar-refractivity contribution >= 4 is 26.0 Å². The first-order valence-electron chi connectivity index (χ1n) is 16.0. The predicted octanol–water partition coefficient (Wildman–Crippen LogP) is 4.28. The monoisotopic (exact) mass is 708 g/mol. The van der Waals surface area contributed by atoms with E-state index in [9.17, 15) is 0 Å². The van der Waals surface area contributed by atoms with Crippen molar-refractivity contribution in [2.45, 2.75) is 64.5 Å². The Kier molecular flexibility index (Phi) is 10.9. The van der Waals surface area contributed by atoms with Gasteiger partial charge in [-0.25, -0.2) is 0 Å². The molecule has 0 fully saturated rings. The zero-order valence-corrected chi connectivity index (χ0v) is 31.1. The van der Waals surface area contributed by atoms with Crippen LogP contribution < -0.4 is 28.1 Å². The minimum Gasteiger partial charge on any atom is -1.00 e. The molecule has 4 heteroatoms. The molecule has 5 aromatic carbocycles. The molecule has 0 radical (unpaired) electrons. The summed E-state index contributed by atoms with van der Waals surface area (Å²) in [4.78, 5) is 0. The molecule has 0 bridgehead atoms. The van der Waals surface area contributed by atoms with E-state index in [1.165, 1.54) is 76.3 Å². The molecule has 2 aliphatic rings. The van der Waals surface area contributed by atoms with E-state index in [-0.39, 0.29) is 24.8 Å². The van der Waals surface area contributed by atoms with Crippen LogP contribution in [0.5, 0.6) is 0 Å². The summed E-state index contributed by atoms with van der Waals surface area (Å²) in [7, 11) is 0. The van der Waals surface area contributed by atoms with E-state index < -0.39 is 28.3 Å². The van der Waals surface area contributed by atoms with Gasteiger partial charge >= 0.3 is 266 Å². The van der Waals surface area contributed by atoms with Crippen LogP contribution in [0.15, 0.2) is 103 Å². The summed E-state index contributed by atoms with van der Waals surface area (Å²) < 4.78 is 1.78. The van der Waals surface area contributed by atoms with Crippen LogP contribution in [0, 0.1) is 0 Å². The van der Waals surface area contributed by atoms with E-state index >= 15 is 0 Å². The van der Waals surface area contributed by atoms with Gasteiger partial charge in [0.15, 0.2) is 0 Å². The Morgan fingerprint density at radius 3 is 2.27 bits per heavy atom. The predicted molar refractivity (Wildman–Crippen MR) is 181 cm³/mol. The number of fused-ring (bicyclic) bond motifs is 5. The SMILES string of the molecule is CCCCCCC1=Cc2c(-c3cccc4ccccc34)cccc2C1c1[c]([Zr+2][SiH](C)C)ccc2c1Cc1ccccc1-2.[Cl-].[Cl-]. The molecule has 0 amide bonds. The fourth-order valence-corrected chi connectivity index (χ4v) is 15.7. The molecular formula is C40H40Cl2SiZr. The topological polar surface area (TPSA) is 0 Å². The van der Waals surface area contributed by atoms with Gasteiger partial charge in [0.25, 0.3) is 0 Å². The number of hydrogen-bond donors (Lipinski definition) is 0. The Hall–Kier alpha value is -2.22. The van der Waals surface area contributed by atoms with Gasteiger partial charge in [-0.1, -0.05) is 0 Å². The number of allylic oxidation sites excluding steroid dienone is 1. The Morgan fingerprint density at radius 1 is 0.705 bits per heavy atom. The number of benzene rings is 5. The molecule has 5 aromatic rings. The molecule has 44 heavy (non-hydrogen) atoms. The van der Waals surface area contributed by atoms with Crippen LogP contribution in [0.1, 0.15) is 72.8 Å². The molecule has 0 saturated carbocycles. The van der Waals surface area contributed by atoms with Gasteiger partial charge in [-0.15, -0.1) is 0 Å². The minimum atomic E-state index is -0.645. The molecule has 1 unspecified atom stereocenters. The van der Waals surface area contributed by atoms with Gasteiger partial charge < -0.3 is 24.8 Å². The van der Waals surface area contributed by atoms with Crippen molar-refractivity contribution in [3.8, 4) is 22.3 Å². The number of rotatable bonds is 9. The molecule has 2 aliphatic carbocycles. The third-order valence-corrected chi connectivity index (χ3v) is 17.8. The van der Waals surface area contributed by atoms with Gasteiger partial charge in [-0.2, -0.15) is 0 Å². The first kappa shape index (κ1) is 33.2. The first-order chi connectivity index (χ1) is 20.6. The maximum atomic E-state index is 2.63. The third kappa shape index (κ3) is 6.13. The van der Waals surface area contributed by atoms with Gasteiger partial charge in [-0.05, 0) is 0 Å². The first-order valence-corrected chi connectivity index (χ1v) is 24.3. The summed E-state index contributed by atoms with van der Waals surface area (Å²) in [5.41, 5.74) is 15.2. The smallest absolute Gasteiger partial charge is 1.00 e. The van der Waals surface area contributed by atoms with Crippen molar-refractivity contribution in [1.29, 1.82) is 0 Å². The van der Waals surface area contributed by atoms with Crippen molar-refractivity contribution in [3.63, 3.8) is 0 Å². The molecule has 0 heterocycles. The molecule has 222 valence electrons. The van der Waals surface area contributed by atoms with Crippen LogP contribution >= 0.6 is 0 Å². The molecular weight excluding hydrogens is 671 g/mol. The summed E-state index contributed by atoms with van der Waals surface area (Å²) in [5.74, 6) is -0.252. The zero-order chi connectivity index (χ0) is 28.6. The normalized spacial score (nSPS) is 14.3. The average molecular weight is 711 g/mol. The van der Waals surface area contributed by atoms with E-state index in [1.54, 1.807) is 25.5 Å². The average Bonchev–Trinajstić information content (AvgIpc) is 3.57. The fourth-order valence-electron chi connectivity index (χ4n) is 7.47. The van der Waals surface area contributed by atoms with Crippen LogP contribution in [0.3, 0.4) is 0 Å². The quantitative estimate of drug-likeness (QED) is 0.156. The van der Waals surface area contributed by atoms with E-state index in [1.807, 2.05) is 0 Å². The largest absolute Gasteiger partial charge is 1.00 e. The number of halogens is 2. The van der Waals surface area contributed by atoms with Crippen LogP contribution in [0.4, 0.5) is 0 Å². The molecule has 7 rings (SSSR count). The van der Waals surface area contributed by atoms with Gasteiger partial charge in [0.1, 0.15) is 0 Å². The minimum absolute atomic E-state index is 0. The Labute approximate surface area is 288 Å². The van der Waals surface area contributed by atoms with Crippen molar-refractivity contribution < 1.29 is 47.2 Å². The van der Waals surface area contributed by atoms with Crippen molar-refractivity contribution in [2.24, 2.45) is 0 Å². The molecule has 0 aliphatic heterocycles. The van der Waals surface area contributed by atoms with Crippen molar-refractivity contribution in [2.75, 3.05) is 0 Å². The maximum absolute atomic E-state index is 2.63.